The lowest BCUT2D eigenvalue weighted by Crippen LogP contribution is -2.22. The zero-order valence-electron chi connectivity index (χ0n) is 15.0. The highest BCUT2D eigenvalue weighted by Gasteiger charge is 2.34. The fourth-order valence-electron chi connectivity index (χ4n) is 3.28. The van der Waals surface area contributed by atoms with Crippen molar-refractivity contribution in [1.82, 2.24) is 10.2 Å². The Morgan fingerprint density at radius 2 is 1.63 bits per heavy atom. The van der Waals surface area contributed by atoms with Crippen molar-refractivity contribution < 1.29 is 9.90 Å². The molecule has 0 radical (unpaired) electrons. The van der Waals surface area contributed by atoms with E-state index in [1.54, 1.807) is 13.8 Å². The minimum atomic E-state index is -0.238. The first-order valence-electron chi connectivity index (χ1n) is 8.57. The zero-order valence-corrected chi connectivity index (χ0v) is 15.0. The summed E-state index contributed by atoms with van der Waals surface area (Å²) in [6.45, 7) is 3.58. The van der Waals surface area contributed by atoms with Crippen molar-refractivity contribution >= 4 is 22.9 Å². The summed E-state index contributed by atoms with van der Waals surface area (Å²) in [5.41, 5.74) is 4.27. The van der Waals surface area contributed by atoms with Crippen LogP contribution in [0.2, 0.25) is 0 Å². The lowest BCUT2D eigenvalue weighted by molar-refractivity contribution is -0.114. The van der Waals surface area contributed by atoms with Gasteiger partial charge in [0.1, 0.15) is 0 Å². The number of para-hydroxylation sites is 1. The van der Waals surface area contributed by atoms with Crippen LogP contribution in [0.5, 0.6) is 5.88 Å². The van der Waals surface area contributed by atoms with Gasteiger partial charge >= 0.3 is 0 Å². The molecule has 2 N–H and O–H groups in total. The third-order valence-corrected chi connectivity index (χ3v) is 4.51. The van der Waals surface area contributed by atoms with Crippen LogP contribution in [-0.2, 0) is 4.79 Å². The molecule has 0 unspecified atom stereocenters. The minimum absolute atomic E-state index is 0.0717. The Hall–Kier alpha value is -3.67. The summed E-state index contributed by atoms with van der Waals surface area (Å²) in [5.74, 6) is -0.310. The van der Waals surface area contributed by atoms with Crippen LogP contribution >= 0.6 is 0 Å². The first kappa shape index (κ1) is 16.8. The highest BCUT2D eigenvalue weighted by atomic mass is 16.3. The molecule has 1 aromatic heterocycles. The molecule has 1 amide bonds. The van der Waals surface area contributed by atoms with Crippen molar-refractivity contribution in [3.8, 4) is 5.88 Å². The van der Waals surface area contributed by atoms with Crippen LogP contribution in [0.1, 0.15) is 23.7 Å². The van der Waals surface area contributed by atoms with E-state index in [9.17, 15) is 9.90 Å². The van der Waals surface area contributed by atoms with Crippen LogP contribution in [0.25, 0.3) is 5.57 Å². The Morgan fingerprint density at radius 3 is 2.22 bits per heavy atom. The molecule has 6 heteroatoms. The van der Waals surface area contributed by atoms with Crippen LogP contribution in [-0.4, -0.2) is 26.9 Å². The molecule has 1 aliphatic rings. The number of rotatable bonds is 3. The van der Waals surface area contributed by atoms with Gasteiger partial charge in [-0.05, 0) is 31.5 Å². The van der Waals surface area contributed by atoms with Gasteiger partial charge in [0.15, 0.2) is 0 Å². The largest absolute Gasteiger partial charge is 0.493 e. The van der Waals surface area contributed by atoms with E-state index in [0.717, 1.165) is 5.56 Å². The summed E-state index contributed by atoms with van der Waals surface area (Å²) in [6.07, 6.45) is 0. The van der Waals surface area contributed by atoms with E-state index in [2.05, 4.69) is 15.3 Å². The number of carbonyl (C=O) groups is 1. The molecule has 27 heavy (non-hydrogen) atoms. The van der Waals surface area contributed by atoms with Gasteiger partial charge in [0.05, 0.1) is 28.2 Å². The molecule has 1 aliphatic heterocycles. The summed E-state index contributed by atoms with van der Waals surface area (Å²) in [6, 6.07) is 18.8. The standard InChI is InChI=1S/C21H18N4O2/c1-13-17(20(26)23-22-13)19(15-9-5-3-6-10-15)18-14(2)24-25(21(18)27)16-11-7-4-8-12-16/h3-12H,1-2H3,(H2,22,23,26). The van der Waals surface area contributed by atoms with E-state index in [1.165, 1.54) is 5.01 Å². The maximum absolute atomic E-state index is 13.3. The van der Waals surface area contributed by atoms with E-state index in [4.69, 9.17) is 0 Å². The summed E-state index contributed by atoms with van der Waals surface area (Å²) in [7, 11) is 0. The third kappa shape index (κ3) is 2.81. The van der Waals surface area contributed by atoms with E-state index in [-0.39, 0.29) is 11.8 Å². The molecule has 6 nitrogen and oxygen atoms in total. The third-order valence-electron chi connectivity index (χ3n) is 4.51. The number of amides is 1. The van der Waals surface area contributed by atoms with Crippen LogP contribution < -0.4 is 5.01 Å². The Bertz CT molecular complexity index is 1050. The second-order valence-corrected chi connectivity index (χ2v) is 6.29. The van der Waals surface area contributed by atoms with E-state index < -0.39 is 0 Å². The lowest BCUT2D eigenvalue weighted by Gasteiger charge is -2.14. The van der Waals surface area contributed by atoms with Gasteiger partial charge < -0.3 is 5.11 Å². The summed E-state index contributed by atoms with van der Waals surface area (Å²) in [4.78, 5) is 13.3. The highest BCUT2D eigenvalue weighted by molar-refractivity contribution is 6.34. The van der Waals surface area contributed by atoms with Gasteiger partial charge in [-0.25, -0.2) is 5.10 Å². The number of hydrazone groups is 1. The number of anilines is 1. The number of aromatic nitrogens is 2. The maximum Gasteiger partial charge on any atom is 0.281 e. The number of hydrogen-bond donors (Lipinski definition) is 2. The number of aryl methyl sites for hydroxylation is 1. The van der Waals surface area contributed by atoms with E-state index >= 15 is 0 Å². The van der Waals surface area contributed by atoms with E-state index in [0.29, 0.717) is 33.8 Å². The Labute approximate surface area is 156 Å². The molecule has 0 spiro atoms. The first-order chi connectivity index (χ1) is 13.1. The smallest absolute Gasteiger partial charge is 0.281 e. The Balaban J connectivity index is 1.96. The van der Waals surface area contributed by atoms with Crippen LogP contribution in [0, 0.1) is 6.92 Å². The van der Waals surface area contributed by atoms with Crippen molar-refractivity contribution in [2.75, 3.05) is 5.01 Å². The van der Waals surface area contributed by atoms with E-state index in [1.807, 2.05) is 60.7 Å². The fourth-order valence-corrected chi connectivity index (χ4v) is 3.28. The molecular formula is C21H18N4O2. The molecule has 4 rings (SSSR count). The second-order valence-electron chi connectivity index (χ2n) is 6.29. The number of nitrogens with one attached hydrogen (secondary N) is 1. The number of aromatic hydroxyl groups is 1. The van der Waals surface area contributed by atoms with Gasteiger partial charge in [-0.1, -0.05) is 48.5 Å². The lowest BCUT2D eigenvalue weighted by atomic mass is 9.91. The van der Waals surface area contributed by atoms with Crippen LogP contribution in [0.3, 0.4) is 0 Å². The number of carbonyl (C=O) groups excluding carboxylic acids is 1. The average molecular weight is 358 g/mol. The number of benzene rings is 2. The Morgan fingerprint density at radius 1 is 1.00 bits per heavy atom. The number of aromatic amines is 1. The molecule has 0 fully saturated rings. The number of H-pyrrole nitrogens is 1. The summed E-state index contributed by atoms with van der Waals surface area (Å²) < 4.78 is 0. The molecule has 0 saturated heterocycles. The second kappa shape index (κ2) is 6.57. The predicted molar refractivity (Wildman–Crippen MR) is 104 cm³/mol. The van der Waals surface area contributed by atoms with Gasteiger partial charge in [0, 0.05) is 5.57 Å². The molecule has 0 bridgehead atoms. The molecular weight excluding hydrogens is 340 g/mol. The average Bonchev–Trinajstić information content (AvgIpc) is 3.18. The van der Waals surface area contributed by atoms with Gasteiger partial charge in [-0.3, -0.25) is 4.79 Å². The van der Waals surface area contributed by atoms with Gasteiger partial charge in [0.2, 0.25) is 5.88 Å². The van der Waals surface area contributed by atoms with Crippen molar-refractivity contribution in [2.24, 2.45) is 5.10 Å². The van der Waals surface area contributed by atoms with Gasteiger partial charge in [0.25, 0.3) is 5.91 Å². The summed E-state index contributed by atoms with van der Waals surface area (Å²) >= 11 is 0. The zero-order chi connectivity index (χ0) is 19.0. The number of nitrogens with zero attached hydrogens (tertiary/aromatic N) is 3. The molecule has 0 aliphatic carbocycles. The van der Waals surface area contributed by atoms with Crippen molar-refractivity contribution in [1.29, 1.82) is 0 Å². The molecule has 0 atom stereocenters. The number of hydrogen-bond acceptors (Lipinski definition) is 4. The topological polar surface area (TPSA) is 81.6 Å². The van der Waals surface area contributed by atoms with Crippen LogP contribution in [0.4, 0.5) is 5.69 Å². The molecule has 2 aromatic carbocycles. The van der Waals surface area contributed by atoms with Crippen LogP contribution in [0.15, 0.2) is 71.3 Å². The minimum Gasteiger partial charge on any atom is -0.493 e. The SMILES string of the molecule is CC1=NN(c2ccccc2)C(=O)C1=C(c1ccccc1)c1c(C)n[nH]c1O. The maximum atomic E-state index is 13.3. The highest BCUT2D eigenvalue weighted by Crippen LogP contribution is 2.37. The molecule has 2 heterocycles. The van der Waals surface area contributed by atoms with Gasteiger partial charge in [-0.15, -0.1) is 0 Å². The first-order valence-corrected chi connectivity index (χ1v) is 8.57. The van der Waals surface area contributed by atoms with Crippen molar-refractivity contribution in [3.05, 3.63) is 83.1 Å². The quantitative estimate of drug-likeness (QED) is 0.701. The Kier molecular flexibility index (Phi) is 4.08. The molecule has 0 saturated carbocycles. The summed E-state index contributed by atoms with van der Waals surface area (Å²) in [5, 5.41) is 22.9. The fraction of sp³-hybridized carbons (Fsp3) is 0.0952. The monoisotopic (exact) mass is 358 g/mol. The molecule has 3 aromatic rings. The van der Waals surface area contributed by atoms with Crippen molar-refractivity contribution in [2.45, 2.75) is 13.8 Å². The predicted octanol–water partition coefficient (Wildman–Crippen LogP) is 3.65. The van der Waals surface area contributed by atoms with Crippen molar-refractivity contribution in [3.63, 3.8) is 0 Å². The normalized spacial score (nSPS) is 15.9. The van der Waals surface area contributed by atoms with Gasteiger partial charge in [-0.2, -0.15) is 15.2 Å². The molecule has 134 valence electrons.